The van der Waals surface area contributed by atoms with E-state index in [1.54, 1.807) is 32.3 Å². The molecule has 0 radical (unpaired) electrons. The van der Waals surface area contributed by atoms with Crippen LogP contribution in [0.4, 0.5) is 10.5 Å². The molecule has 0 atom stereocenters. The predicted octanol–water partition coefficient (Wildman–Crippen LogP) is 2.69. The molecule has 2 aromatic rings. The maximum atomic E-state index is 12.2. The number of methoxy groups -OCH3 is 1. The summed E-state index contributed by atoms with van der Waals surface area (Å²) in [6.45, 7) is 4.40. The Balaban J connectivity index is 2.05. The number of ether oxygens (including phenoxy) is 1. The third-order valence-electron chi connectivity index (χ3n) is 3.64. The molecular formula is C17H23N5O3S. The summed E-state index contributed by atoms with van der Waals surface area (Å²) < 4.78 is 9.16. The fourth-order valence-corrected chi connectivity index (χ4v) is 3.04. The maximum Gasteiger partial charge on any atom is 0.319 e. The zero-order chi connectivity index (χ0) is 19.3. The van der Waals surface area contributed by atoms with Crippen LogP contribution in [0.15, 0.2) is 18.2 Å². The first-order valence-electron chi connectivity index (χ1n) is 8.09. The molecule has 0 bridgehead atoms. The number of benzene rings is 1. The zero-order valence-corrected chi connectivity index (χ0v) is 16.3. The van der Waals surface area contributed by atoms with Gasteiger partial charge in [0.15, 0.2) is 0 Å². The number of aromatic nitrogens is 2. The van der Waals surface area contributed by atoms with Crippen molar-refractivity contribution < 1.29 is 14.3 Å². The van der Waals surface area contributed by atoms with Crippen molar-refractivity contribution >= 4 is 29.2 Å². The Morgan fingerprint density at radius 2 is 2.04 bits per heavy atom. The normalized spacial score (nSPS) is 10.5. The van der Waals surface area contributed by atoms with E-state index in [1.807, 2.05) is 13.8 Å². The van der Waals surface area contributed by atoms with Crippen LogP contribution in [0.5, 0.6) is 5.75 Å². The van der Waals surface area contributed by atoms with E-state index in [-0.39, 0.29) is 17.9 Å². The Morgan fingerprint density at radius 3 is 2.65 bits per heavy atom. The van der Waals surface area contributed by atoms with Gasteiger partial charge in [-0.2, -0.15) is 0 Å². The van der Waals surface area contributed by atoms with Crippen LogP contribution < -0.4 is 15.4 Å². The van der Waals surface area contributed by atoms with Gasteiger partial charge in [0.05, 0.1) is 29.8 Å². The Labute approximate surface area is 156 Å². The number of carbonyl (C=O) groups excluding carboxylic acids is 2. The molecule has 0 aliphatic carbocycles. The highest BCUT2D eigenvalue weighted by atomic mass is 32.1. The van der Waals surface area contributed by atoms with E-state index in [9.17, 15) is 9.59 Å². The van der Waals surface area contributed by atoms with Crippen molar-refractivity contribution in [2.45, 2.75) is 26.3 Å². The van der Waals surface area contributed by atoms with Gasteiger partial charge in [0.2, 0.25) is 0 Å². The highest BCUT2D eigenvalue weighted by Gasteiger charge is 2.16. The zero-order valence-electron chi connectivity index (χ0n) is 15.5. The van der Waals surface area contributed by atoms with E-state index in [0.29, 0.717) is 23.5 Å². The van der Waals surface area contributed by atoms with Gasteiger partial charge >= 0.3 is 6.03 Å². The van der Waals surface area contributed by atoms with E-state index in [1.165, 1.54) is 23.5 Å². The second-order valence-electron chi connectivity index (χ2n) is 6.16. The van der Waals surface area contributed by atoms with Crippen LogP contribution in [0.3, 0.4) is 0 Å². The highest BCUT2D eigenvalue weighted by molar-refractivity contribution is 7.05. The van der Waals surface area contributed by atoms with Crippen molar-refractivity contribution in [1.82, 2.24) is 19.8 Å². The fraction of sp³-hybridized carbons (Fsp3) is 0.412. The van der Waals surface area contributed by atoms with Crippen molar-refractivity contribution in [3.63, 3.8) is 0 Å². The minimum Gasteiger partial charge on any atom is -0.496 e. The Hall–Kier alpha value is -2.68. The van der Waals surface area contributed by atoms with Gasteiger partial charge in [-0.3, -0.25) is 4.79 Å². The molecule has 26 heavy (non-hydrogen) atoms. The number of rotatable bonds is 6. The fourth-order valence-electron chi connectivity index (χ4n) is 2.31. The number of hydrogen-bond acceptors (Lipinski definition) is 6. The largest absolute Gasteiger partial charge is 0.496 e. The first kappa shape index (κ1) is 19.6. The van der Waals surface area contributed by atoms with Gasteiger partial charge in [-0.25, -0.2) is 4.79 Å². The Kier molecular flexibility index (Phi) is 6.51. The van der Waals surface area contributed by atoms with Crippen molar-refractivity contribution in [1.29, 1.82) is 0 Å². The maximum absolute atomic E-state index is 12.2. The first-order valence-corrected chi connectivity index (χ1v) is 8.86. The molecule has 1 aromatic heterocycles. The number of amides is 3. The van der Waals surface area contributed by atoms with Crippen LogP contribution in [0.25, 0.3) is 0 Å². The predicted molar refractivity (Wildman–Crippen MR) is 101 cm³/mol. The molecule has 1 heterocycles. The number of urea groups is 1. The molecule has 0 saturated carbocycles. The number of nitrogens with zero attached hydrogens (tertiary/aromatic N) is 3. The summed E-state index contributed by atoms with van der Waals surface area (Å²) in [6.07, 6.45) is 0. The van der Waals surface area contributed by atoms with Crippen molar-refractivity contribution in [3.05, 3.63) is 34.3 Å². The monoisotopic (exact) mass is 377 g/mol. The summed E-state index contributed by atoms with van der Waals surface area (Å²) >= 11 is 1.27. The Bertz CT molecular complexity index is 788. The molecule has 0 aliphatic heterocycles. The molecule has 2 N–H and O–H groups in total. The van der Waals surface area contributed by atoms with Gasteiger partial charge in [-0.1, -0.05) is 18.3 Å². The summed E-state index contributed by atoms with van der Waals surface area (Å²) in [7, 11) is 4.81. The lowest BCUT2D eigenvalue weighted by molar-refractivity contribution is 0.0824. The lowest BCUT2D eigenvalue weighted by Crippen LogP contribution is -2.28. The molecule has 0 fully saturated rings. The van der Waals surface area contributed by atoms with E-state index in [0.717, 1.165) is 10.6 Å². The van der Waals surface area contributed by atoms with Gasteiger partial charge in [0, 0.05) is 19.8 Å². The van der Waals surface area contributed by atoms with Gasteiger partial charge in [-0.05, 0) is 35.6 Å². The minimum absolute atomic E-state index is 0.205. The molecule has 8 nitrogen and oxygen atoms in total. The lowest BCUT2D eigenvalue weighted by Gasteiger charge is -2.15. The average Bonchev–Trinajstić information content (AvgIpc) is 3.08. The van der Waals surface area contributed by atoms with E-state index < -0.39 is 0 Å². The van der Waals surface area contributed by atoms with Crippen LogP contribution in [0, 0.1) is 0 Å². The van der Waals surface area contributed by atoms with E-state index in [4.69, 9.17) is 4.74 Å². The summed E-state index contributed by atoms with van der Waals surface area (Å²) in [5, 5.41) is 9.59. The highest BCUT2D eigenvalue weighted by Crippen LogP contribution is 2.24. The second-order valence-corrected chi connectivity index (χ2v) is 7.00. The summed E-state index contributed by atoms with van der Waals surface area (Å²) in [6, 6.07) is 4.55. The van der Waals surface area contributed by atoms with Crippen molar-refractivity contribution in [3.8, 4) is 5.75 Å². The summed E-state index contributed by atoms with van der Waals surface area (Å²) in [4.78, 5) is 26.8. The van der Waals surface area contributed by atoms with Crippen molar-refractivity contribution in [2.24, 2.45) is 0 Å². The number of anilines is 1. The van der Waals surface area contributed by atoms with Gasteiger partial charge in [-0.15, -0.1) is 5.10 Å². The van der Waals surface area contributed by atoms with Gasteiger partial charge in [0.1, 0.15) is 5.75 Å². The number of nitrogens with one attached hydrogen (secondary N) is 2. The molecule has 0 saturated heterocycles. The number of hydrogen-bond donors (Lipinski definition) is 2. The summed E-state index contributed by atoms with van der Waals surface area (Å²) in [5.41, 5.74) is 1.77. The van der Waals surface area contributed by atoms with E-state index in [2.05, 4.69) is 20.2 Å². The van der Waals surface area contributed by atoms with Gasteiger partial charge < -0.3 is 20.3 Å². The van der Waals surface area contributed by atoms with Crippen LogP contribution in [0.2, 0.25) is 0 Å². The molecule has 1 aromatic carbocycles. The second kappa shape index (κ2) is 8.61. The lowest BCUT2D eigenvalue weighted by atomic mass is 10.1. The van der Waals surface area contributed by atoms with E-state index >= 15 is 0 Å². The summed E-state index contributed by atoms with van der Waals surface area (Å²) in [5.74, 6) is 0.491. The standard InChI is InChI=1S/C17H23N5O3S/c1-10(2)15-14(26-21-20-15)9-18-17(24)19-11-6-7-13(25-5)12(8-11)16(23)22(3)4/h6-8,10H,9H2,1-5H3,(H2,18,19,24). The smallest absolute Gasteiger partial charge is 0.319 e. The molecule has 0 spiro atoms. The quantitative estimate of drug-likeness (QED) is 0.807. The van der Waals surface area contributed by atoms with Gasteiger partial charge in [0.25, 0.3) is 5.91 Å². The third kappa shape index (κ3) is 4.69. The van der Waals surface area contributed by atoms with Crippen LogP contribution in [0.1, 0.15) is 40.7 Å². The Morgan fingerprint density at radius 1 is 1.31 bits per heavy atom. The molecule has 140 valence electrons. The van der Waals surface area contributed by atoms with Crippen molar-refractivity contribution in [2.75, 3.05) is 26.5 Å². The van der Waals surface area contributed by atoms with Crippen LogP contribution >= 0.6 is 11.5 Å². The molecular weight excluding hydrogens is 354 g/mol. The molecule has 9 heteroatoms. The van der Waals surface area contributed by atoms with Crippen LogP contribution in [-0.4, -0.2) is 47.6 Å². The molecule has 3 amide bonds. The number of carbonyl (C=O) groups is 2. The van der Waals surface area contributed by atoms with Crippen LogP contribution in [-0.2, 0) is 6.54 Å². The molecule has 0 aliphatic rings. The average molecular weight is 377 g/mol. The molecule has 2 rings (SSSR count). The topological polar surface area (TPSA) is 96.5 Å². The minimum atomic E-state index is -0.374. The SMILES string of the molecule is COc1ccc(NC(=O)NCc2snnc2C(C)C)cc1C(=O)N(C)C. The third-order valence-corrected chi connectivity index (χ3v) is 4.37. The first-order chi connectivity index (χ1) is 12.3. The molecule has 0 unspecified atom stereocenters.